The van der Waals surface area contributed by atoms with Crippen molar-refractivity contribution in [1.29, 1.82) is 0 Å². The fourth-order valence-corrected chi connectivity index (χ4v) is 3.40. The van der Waals surface area contributed by atoms with Crippen LogP contribution >= 0.6 is 0 Å². The lowest BCUT2D eigenvalue weighted by Crippen LogP contribution is -2.42. The maximum Gasteiger partial charge on any atom is 0.265 e. The summed E-state index contributed by atoms with van der Waals surface area (Å²) < 4.78 is 8.37. The van der Waals surface area contributed by atoms with Gasteiger partial charge < -0.3 is 15.0 Å². The van der Waals surface area contributed by atoms with Crippen molar-refractivity contribution in [2.45, 2.75) is 18.9 Å². The minimum Gasteiger partial charge on any atom is -0.481 e. The van der Waals surface area contributed by atoms with E-state index in [-0.39, 0.29) is 5.56 Å². The second kappa shape index (κ2) is 6.86. The highest BCUT2D eigenvalue weighted by molar-refractivity contribution is 5.74. The van der Waals surface area contributed by atoms with Gasteiger partial charge in [-0.2, -0.15) is 10.1 Å². The smallest absolute Gasteiger partial charge is 0.265 e. The zero-order chi connectivity index (χ0) is 19.0. The number of hydrogen-bond donors (Lipinski definition) is 1. The van der Waals surface area contributed by atoms with Crippen molar-refractivity contribution in [2.24, 2.45) is 14.1 Å². The Bertz CT molecular complexity index is 1020. The van der Waals surface area contributed by atoms with E-state index in [1.165, 1.54) is 6.33 Å². The van der Waals surface area contributed by atoms with Gasteiger partial charge in [0, 0.05) is 39.3 Å². The van der Waals surface area contributed by atoms with Gasteiger partial charge in [0.2, 0.25) is 11.8 Å². The number of nitrogens with zero attached hydrogens (tertiary/aromatic N) is 7. The molecule has 0 aromatic carbocycles. The van der Waals surface area contributed by atoms with Gasteiger partial charge >= 0.3 is 0 Å². The highest BCUT2D eigenvalue weighted by atomic mass is 16.5. The molecule has 1 saturated heterocycles. The predicted octanol–water partition coefficient (Wildman–Crippen LogP) is 0.547. The van der Waals surface area contributed by atoms with E-state index in [4.69, 9.17) is 4.74 Å². The molecule has 1 fully saturated rings. The van der Waals surface area contributed by atoms with E-state index in [1.54, 1.807) is 42.7 Å². The molecule has 1 aliphatic heterocycles. The van der Waals surface area contributed by atoms with Crippen LogP contribution in [-0.4, -0.2) is 55.5 Å². The second-order valence-electron chi connectivity index (χ2n) is 6.63. The molecule has 4 heterocycles. The summed E-state index contributed by atoms with van der Waals surface area (Å²) in [5, 5.41) is 8.11. The Morgan fingerprint density at radius 2 is 2.00 bits per heavy atom. The molecule has 27 heavy (non-hydrogen) atoms. The highest BCUT2D eigenvalue weighted by Gasteiger charge is 2.23. The molecule has 142 valence electrons. The lowest BCUT2D eigenvalue weighted by Gasteiger charge is -2.33. The van der Waals surface area contributed by atoms with Crippen LogP contribution in [0.2, 0.25) is 0 Å². The molecule has 4 rings (SSSR count). The molecular weight excluding hydrogens is 348 g/mol. The summed E-state index contributed by atoms with van der Waals surface area (Å²) in [6.45, 7) is 1.59. The number of anilines is 2. The molecule has 0 amide bonds. The molecule has 3 aromatic rings. The lowest BCUT2D eigenvalue weighted by atomic mass is 10.1. The van der Waals surface area contributed by atoms with E-state index in [0.717, 1.165) is 31.7 Å². The topological polar surface area (TPSA) is 103 Å². The van der Waals surface area contributed by atoms with Gasteiger partial charge in [0.15, 0.2) is 5.65 Å². The van der Waals surface area contributed by atoms with Gasteiger partial charge in [-0.3, -0.25) is 14.0 Å². The minimum absolute atomic E-state index is 0.0728. The number of aromatic nitrogens is 6. The van der Waals surface area contributed by atoms with E-state index in [9.17, 15) is 4.79 Å². The van der Waals surface area contributed by atoms with Crippen LogP contribution in [0.5, 0.6) is 5.88 Å². The first kappa shape index (κ1) is 17.3. The van der Waals surface area contributed by atoms with Crippen molar-refractivity contribution >= 4 is 22.8 Å². The van der Waals surface area contributed by atoms with Gasteiger partial charge in [-0.15, -0.1) is 0 Å². The SMILES string of the molecule is COc1cc(NC2CCN(c3nc4c(cnn4C)c(=O)n3C)CC2)ncn1. The first-order valence-electron chi connectivity index (χ1n) is 8.83. The summed E-state index contributed by atoms with van der Waals surface area (Å²) in [5.41, 5.74) is 0.540. The van der Waals surface area contributed by atoms with Crippen molar-refractivity contribution < 1.29 is 4.74 Å². The molecule has 0 bridgehead atoms. The Morgan fingerprint density at radius 1 is 1.22 bits per heavy atom. The fourth-order valence-electron chi connectivity index (χ4n) is 3.40. The van der Waals surface area contributed by atoms with Crippen LogP contribution in [0.15, 0.2) is 23.4 Å². The first-order valence-corrected chi connectivity index (χ1v) is 8.83. The second-order valence-corrected chi connectivity index (χ2v) is 6.63. The zero-order valence-corrected chi connectivity index (χ0v) is 15.6. The summed E-state index contributed by atoms with van der Waals surface area (Å²) >= 11 is 0. The number of rotatable bonds is 4. The van der Waals surface area contributed by atoms with E-state index < -0.39 is 0 Å². The standard InChI is InChI=1S/C17H22N8O2/c1-23-16(26)12-9-20-24(2)15(12)22-17(23)25-6-4-11(5-7-25)21-13-8-14(27-3)19-10-18-13/h8-11H,4-7H2,1-3H3,(H,18,19,21). The van der Waals surface area contributed by atoms with Crippen LogP contribution in [0, 0.1) is 0 Å². The monoisotopic (exact) mass is 370 g/mol. The third-order valence-corrected chi connectivity index (χ3v) is 4.93. The summed E-state index contributed by atoms with van der Waals surface area (Å²) in [7, 11) is 5.14. The highest BCUT2D eigenvalue weighted by Crippen LogP contribution is 2.21. The molecule has 1 aliphatic rings. The minimum atomic E-state index is -0.0728. The van der Waals surface area contributed by atoms with Crippen LogP contribution in [-0.2, 0) is 14.1 Å². The van der Waals surface area contributed by atoms with Crippen molar-refractivity contribution in [3.8, 4) is 5.88 Å². The Hall–Kier alpha value is -3.17. The molecule has 0 spiro atoms. The van der Waals surface area contributed by atoms with Crippen molar-refractivity contribution in [3.63, 3.8) is 0 Å². The number of methoxy groups -OCH3 is 1. The third-order valence-electron chi connectivity index (χ3n) is 4.93. The van der Waals surface area contributed by atoms with Crippen molar-refractivity contribution in [2.75, 3.05) is 30.4 Å². The number of aryl methyl sites for hydroxylation is 1. The molecule has 0 atom stereocenters. The maximum atomic E-state index is 12.6. The number of ether oxygens (including phenoxy) is 1. The van der Waals surface area contributed by atoms with Gasteiger partial charge in [0.05, 0.1) is 13.3 Å². The average molecular weight is 370 g/mol. The van der Waals surface area contributed by atoms with Gasteiger partial charge in [0.25, 0.3) is 5.56 Å². The number of piperidine rings is 1. The van der Waals surface area contributed by atoms with Crippen LogP contribution in [0.25, 0.3) is 11.0 Å². The normalized spacial score (nSPS) is 15.3. The van der Waals surface area contributed by atoms with E-state index in [0.29, 0.717) is 28.9 Å². The first-order chi connectivity index (χ1) is 13.1. The van der Waals surface area contributed by atoms with Gasteiger partial charge in [-0.1, -0.05) is 0 Å². The Balaban J connectivity index is 1.49. The summed E-state index contributed by atoms with van der Waals surface area (Å²) in [6, 6.07) is 2.08. The molecule has 10 nitrogen and oxygen atoms in total. The molecule has 3 aromatic heterocycles. The van der Waals surface area contributed by atoms with Crippen molar-refractivity contribution in [1.82, 2.24) is 29.3 Å². The van der Waals surface area contributed by atoms with Crippen LogP contribution in [0.4, 0.5) is 11.8 Å². The quantitative estimate of drug-likeness (QED) is 0.710. The number of fused-ring (bicyclic) bond motifs is 1. The van der Waals surface area contributed by atoms with Gasteiger partial charge in [-0.05, 0) is 12.8 Å². The molecule has 0 aliphatic carbocycles. The summed E-state index contributed by atoms with van der Waals surface area (Å²) in [4.78, 5) is 27.7. The Kier molecular flexibility index (Phi) is 4.38. The van der Waals surface area contributed by atoms with Gasteiger partial charge in [-0.25, -0.2) is 9.97 Å². The molecule has 1 N–H and O–H groups in total. The predicted molar refractivity (Wildman–Crippen MR) is 101 cm³/mol. The Morgan fingerprint density at radius 3 is 2.74 bits per heavy atom. The van der Waals surface area contributed by atoms with E-state index in [2.05, 4.69) is 30.3 Å². The average Bonchev–Trinajstić information content (AvgIpc) is 3.06. The van der Waals surface area contributed by atoms with Crippen LogP contribution < -0.4 is 20.5 Å². The van der Waals surface area contributed by atoms with E-state index >= 15 is 0 Å². The summed E-state index contributed by atoms with van der Waals surface area (Å²) in [6.07, 6.45) is 4.87. The van der Waals surface area contributed by atoms with Gasteiger partial charge in [0.1, 0.15) is 17.5 Å². The molecule has 10 heteroatoms. The maximum absolute atomic E-state index is 12.6. The lowest BCUT2D eigenvalue weighted by molar-refractivity contribution is 0.397. The number of nitrogens with one attached hydrogen (secondary N) is 1. The number of hydrogen-bond acceptors (Lipinski definition) is 8. The molecule has 0 saturated carbocycles. The van der Waals surface area contributed by atoms with Crippen LogP contribution in [0.3, 0.4) is 0 Å². The third kappa shape index (κ3) is 3.18. The van der Waals surface area contributed by atoms with E-state index in [1.807, 2.05) is 0 Å². The Labute approximate surface area is 155 Å². The zero-order valence-electron chi connectivity index (χ0n) is 15.6. The molecule has 0 radical (unpaired) electrons. The molecular formula is C17H22N8O2. The van der Waals surface area contributed by atoms with Crippen LogP contribution in [0.1, 0.15) is 12.8 Å². The van der Waals surface area contributed by atoms with Crippen molar-refractivity contribution in [3.05, 3.63) is 28.9 Å². The molecule has 0 unspecified atom stereocenters. The summed E-state index contributed by atoms with van der Waals surface area (Å²) in [5.74, 6) is 1.97. The largest absolute Gasteiger partial charge is 0.481 e. The fraction of sp³-hybridized carbons (Fsp3) is 0.471.